The summed E-state index contributed by atoms with van der Waals surface area (Å²) in [4.78, 5) is 12.0. The minimum atomic E-state index is 0.130. The molecule has 0 bridgehead atoms. The predicted octanol–water partition coefficient (Wildman–Crippen LogP) is 2.62. The fourth-order valence-corrected chi connectivity index (χ4v) is 4.05. The van der Waals surface area contributed by atoms with E-state index in [0.29, 0.717) is 0 Å². The molecule has 2 rings (SSSR count). The van der Waals surface area contributed by atoms with Crippen LogP contribution in [0.1, 0.15) is 15.9 Å². The van der Waals surface area contributed by atoms with Gasteiger partial charge in [0.2, 0.25) is 0 Å². The maximum absolute atomic E-state index is 12.0. The molecule has 2 nitrogen and oxygen atoms in total. The number of furan rings is 1. The molecule has 1 aromatic rings. The summed E-state index contributed by atoms with van der Waals surface area (Å²) in [5.74, 6) is 3.42. The molecular formula is C10H12O2S2. The number of Topliss-reactive ketones (excluding diaryl/α,β-unsaturated/α-hetero) is 1. The van der Waals surface area contributed by atoms with E-state index in [1.165, 1.54) is 5.75 Å². The van der Waals surface area contributed by atoms with E-state index in [0.717, 1.165) is 22.6 Å². The van der Waals surface area contributed by atoms with Crippen molar-refractivity contribution in [2.45, 2.75) is 12.2 Å². The SMILES string of the molecule is Cc1cocc1C(=O)C1CSCCS1. The molecule has 1 aliphatic heterocycles. The highest BCUT2D eigenvalue weighted by Gasteiger charge is 2.25. The standard InChI is InChI=1S/C10H12O2S2/c1-7-4-12-5-8(7)10(11)9-6-13-2-3-14-9/h4-5,9H,2-3,6H2,1H3. The van der Waals surface area contributed by atoms with Gasteiger partial charge in [0.05, 0.1) is 17.1 Å². The van der Waals surface area contributed by atoms with E-state index in [1.807, 2.05) is 18.7 Å². The van der Waals surface area contributed by atoms with Gasteiger partial charge in [-0.25, -0.2) is 0 Å². The molecule has 1 fully saturated rings. The highest BCUT2D eigenvalue weighted by Crippen LogP contribution is 2.27. The summed E-state index contributed by atoms with van der Waals surface area (Å²) in [6.07, 6.45) is 3.20. The Bertz CT molecular complexity index is 327. The van der Waals surface area contributed by atoms with E-state index in [4.69, 9.17) is 4.42 Å². The van der Waals surface area contributed by atoms with Gasteiger partial charge >= 0.3 is 0 Å². The van der Waals surface area contributed by atoms with E-state index in [2.05, 4.69) is 0 Å². The van der Waals surface area contributed by atoms with Gasteiger partial charge < -0.3 is 4.42 Å². The van der Waals surface area contributed by atoms with E-state index >= 15 is 0 Å². The van der Waals surface area contributed by atoms with Crippen molar-refractivity contribution in [2.75, 3.05) is 17.3 Å². The topological polar surface area (TPSA) is 30.2 Å². The number of ketones is 1. The van der Waals surface area contributed by atoms with Crippen molar-refractivity contribution < 1.29 is 9.21 Å². The van der Waals surface area contributed by atoms with Crippen molar-refractivity contribution in [1.29, 1.82) is 0 Å². The molecule has 1 atom stereocenters. The van der Waals surface area contributed by atoms with Crippen molar-refractivity contribution in [3.05, 3.63) is 23.7 Å². The van der Waals surface area contributed by atoms with E-state index in [1.54, 1.807) is 24.3 Å². The van der Waals surface area contributed by atoms with Gasteiger partial charge in [-0.3, -0.25) is 4.79 Å². The summed E-state index contributed by atoms with van der Waals surface area (Å²) in [5, 5.41) is 0.130. The third-order valence-corrected chi connectivity index (χ3v) is 4.98. The lowest BCUT2D eigenvalue weighted by molar-refractivity contribution is 0.0994. The number of rotatable bonds is 2. The number of hydrogen-bond acceptors (Lipinski definition) is 4. The molecule has 2 heterocycles. The van der Waals surface area contributed by atoms with Crippen molar-refractivity contribution in [1.82, 2.24) is 0 Å². The Morgan fingerprint density at radius 1 is 1.50 bits per heavy atom. The van der Waals surface area contributed by atoms with E-state index in [9.17, 15) is 4.79 Å². The van der Waals surface area contributed by atoms with Gasteiger partial charge in [0, 0.05) is 17.3 Å². The van der Waals surface area contributed by atoms with E-state index < -0.39 is 0 Å². The van der Waals surface area contributed by atoms with Crippen molar-refractivity contribution >= 4 is 29.3 Å². The van der Waals surface area contributed by atoms with Crippen LogP contribution in [-0.4, -0.2) is 28.3 Å². The molecule has 0 aliphatic carbocycles. The average molecular weight is 228 g/mol. The van der Waals surface area contributed by atoms with Crippen LogP contribution in [0.5, 0.6) is 0 Å². The summed E-state index contributed by atoms with van der Waals surface area (Å²) < 4.78 is 5.02. The number of aryl methyl sites for hydroxylation is 1. The molecule has 0 radical (unpaired) electrons. The summed E-state index contributed by atoms with van der Waals surface area (Å²) >= 11 is 3.63. The molecule has 0 N–H and O–H groups in total. The number of carbonyl (C=O) groups is 1. The Labute approximate surface area is 91.8 Å². The van der Waals surface area contributed by atoms with Crippen LogP contribution in [0.4, 0.5) is 0 Å². The quantitative estimate of drug-likeness (QED) is 0.728. The zero-order valence-corrected chi connectivity index (χ0v) is 9.62. The van der Waals surface area contributed by atoms with Gasteiger partial charge in [-0.2, -0.15) is 11.8 Å². The minimum absolute atomic E-state index is 0.130. The summed E-state index contributed by atoms with van der Waals surface area (Å²) in [5.41, 5.74) is 1.70. The zero-order valence-electron chi connectivity index (χ0n) is 7.99. The highest BCUT2D eigenvalue weighted by molar-refractivity contribution is 8.07. The summed E-state index contributed by atoms with van der Waals surface area (Å²) in [6, 6.07) is 0. The minimum Gasteiger partial charge on any atom is -0.472 e. The Kier molecular flexibility index (Phi) is 3.23. The second-order valence-corrected chi connectivity index (χ2v) is 5.73. The van der Waals surface area contributed by atoms with Gasteiger partial charge in [-0.15, -0.1) is 11.8 Å². The molecule has 0 saturated carbocycles. The molecule has 0 aromatic carbocycles. The van der Waals surface area contributed by atoms with Crippen LogP contribution in [0.2, 0.25) is 0 Å². The van der Waals surface area contributed by atoms with Crippen LogP contribution in [-0.2, 0) is 0 Å². The lowest BCUT2D eigenvalue weighted by Gasteiger charge is -2.19. The molecule has 1 saturated heterocycles. The Morgan fingerprint density at radius 3 is 2.93 bits per heavy atom. The number of hydrogen-bond donors (Lipinski definition) is 0. The molecule has 76 valence electrons. The maximum atomic E-state index is 12.0. The lowest BCUT2D eigenvalue weighted by Crippen LogP contribution is -2.24. The number of carbonyl (C=O) groups excluding carboxylic acids is 1. The van der Waals surface area contributed by atoms with Crippen LogP contribution in [0.3, 0.4) is 0 Å². The Balaban J connectivity index is 2.11. The van der Waals surface area contributed by atoms with Gasteiger partial charge in [0.15, 0.2) is 5.78 Å². The zero-order chi connectivity index (χ0) is 9.97. The van der Waals surface area contributed by atoms with Gasteiger partial charge in [-0.05, 0) is 12.5 Å². The molecular weight excluding hydrogens is 216 g/mol. The molecule has 0 amide bonds. The third kappa shape index (κ3) is 2.01. The predicted molar refractivity (Wildman–Crippen MR) is 61.3 cm³/mol. The van der Waals surface area contributed by atoms with Gasteiger partial charge in [-0.1, -0.05) is 0 Å². The van der Waals surface area contributed by atoms with Crippen molar-refractivity contribution in [3.63, 3.8) is 0 Å². The molecule has 1 unspecified atom stereocenters. The first kappa shape index (κ1) is 10.2. The smallest absolute Gasteiger partial charge is 0.180 e. The van der Waals surface area contributed by atoms with Crippen molar-refractivity contribution in [3.8, 4) is 0 Å². The lowest BCUT2D eigenvalue weighted by atomic mass is 10.1. The molecule has 1 aliphatic rings. The first-order valence-corrected chi connectivity index (χ1v) is 6.75. The molecule has 0 spiro atoms. The van der Waals surface area contributed by atoms with Gasteiger partial charge in [0.1, 0.15) is 6.26 Å². The fourth-order valence-electron chi connectivity index (χ4n) is 1.43. The average Bonchev–Trinajstić information content (AvgIpc) is 2.65. The molecule has 1 aromatic heterocycles. The molecule has 4 heteroatoms. The second-order valence-electron chi connectivity index (χ2n) is 3.27. The van der Waals surface area contributed by atoms with E-state index in [-0.39, 0.29) is 11.0 Å². The maximum Gasteiger partial charge on any atom is 0.180 e. The monoisotopic (exact) mass is 228 g/mol. The second kappa shape index (κ2) is 4.45. The summed E-state index contributed by atoms with van der Waals surface area (Å²) in [6.45, 7) is 1.91. The van der Waals surface area contributed by atoms with Crippen LogP contribution in [0, 0.1) is 6.92 Å². The Hall–Kier alpha value is -0.350. The summed E-state index contributed by atoms with van der Waals surface area (Å²) in [7, 11) is 0. The molecule has 14 heavy (non-hydrogen) atoms. The largest absolute Gasteiger partial charge is 0.472 e. The van der Waals surface area contributed by atoms with Gasteiger partial charge in [0.25, 0.3) is 0 Å². The normalized spacial score (nSPS) is 22.2. The third-order valence-electron chi connectivity index (χ3n) is 2.23. The highest BCUT2D eigenvalue weighted by atomic mass is 32.2. The van der Waals surface area contributed by atoms with Crippen LogP contribution in [0.15, 0.2) is 16.9 Å². The van der Waals surface area contributed by atoms with Crippen LogP contribution >= 0.6 is 23.5 Å². The fraction of sp³-hybridized carbons (Fsp3) is 0.500. The first-order chi connectivity index (χ1) is 6.79. The Morgan fingerprint density at radius 2 is 2.36 bits per heavy atom. The first-order valence-electron chi connectivity index (χ1n) is 4.55. The van der Waals surface area contributed by atoms with Crippen LogP contribution in [0.25, 0.3) is 0 Å². The van der Waals surface area contributed by atoms with Crippen molar-refractivity contribution in [2.24, 2.45) is 0 Å². The van der Waals surface area contributed by atoms with Crippen LogP contribution < -0.4 is 0 Å². The number of thioether (sulfide) groups is 2.